The Bertz CT molecular complexity index is 568. The van der Waals surface area contributed by atoms with Crippen molar-refractivity contribution in [3.8, 4) is 0 Å². The van der Waals surface area contributed by atoms with Crippen LogP contribution in [0.25, 0.3) is 0 Å². The van der Waals surface area contributed by atoms with E-state index in [9.17, 15) is 9.59 Å². The molecule has 1 aromatic rings. The van der Waals surface area contributed by atoms with Crippen LogP contribution >= 0.6 is 0 Å². The Kier molecular flexibility index (Phi) is 4.40. The Morgan fingerprint density at radius 2 is 1.86 bits per heavy atom. The van der Waals surface area contributed by atoms with Gasteiger partial charge in [-0.25, -0.2) is 4.79 Å². The zero-order valence-corrected chi connectivity index (χ0v) is 12.7. The molecule has 6 heteroatoms. The summed E-state index contributed by atoms with van der Waals surface area (Å²) in [6.07, 6.45) is 0. The Morgan fingerprint density at radius 1 is 1.18 bits per heavy atom. The van der Waals surface area contributed by atoms with Gasteiger partial charge in [0.25, 0.3) is 5.91 Å². The summed E-state index contributed by atoms with van der Waals surface area (Å²) in [4.78, 5) is 29.0. The number of hydrogen-bond donors (Lipinski definition) is 1. The minimum atomic E-state index is -0.489. The first-order chi connectivity index (χ1) is 10.7. The van der Waals surface area contributed by atoms with E-state index in [1.54, 1.807) is 24.3 Å². The maximum absolute atomic E-state index is 12.4. The van der Waals surface area contributed by atoms with Crippen molar-refractivity contribution in [3.05, 3.63) is 35.4 Å². The molecule has 1 unspecified atom stereocenters. The van der Waals surface area contributed by atoms with Crippen LogP contribution in [0.4, 0.5) is 0 Å². The lowest BCUT2D eigenvalue weighted by Gasteiger charge is -2.47. The molecular formula is C16H21N3O3. The molecule has 0 radical (unpaired) electrons. The number of nitrogens with zero attached hydrogens (tertiary/aromatic N) is 2. The van der Waals surface area contributed by atoms with Gasteiger partial charge in [-0.05, 0) is 12.1 Å². The van der Waals surface area contributed by atoms with Gasteiger partial charge in [0.2, 0.25) is 0 Å². The molecule has 0 aromatic heterocycles. The van der Waals surface area contributed by atoms with Crippen molar-refractivity contribution < 1.29 is 14.3 Å². The third-order valence-corrected chi connectivity index (χ3v) is 4.47. The average molecular weight is 303 g/mol. The second kappa shape index (κ2) is 6.46. The molecule has 3 saturated heterocycles. The monoisotopic (exact) mass is 303 g/mol. The van der Waals surface area contributed by atoms with Crippen LogP contribution in [0.15, 0.2) is 24.3 Å². The molecule has 6 nitrogen and oxygen atoms in total. The summed E-state index contributed by atoms with van der Waals surface area (Å²) in [5, 5.41) is 2.96. The van der Waals surface area contributed by atoms with E-state index in [1.165, 1.54) is 7.11 Å². The second-order valence-electron chi connectivity index (χ2n) is 5.74. The first-order valence-electron chi connectivity index (χ1n) is 7.61. The number of fused-ring (bicyclic) bond motifs is 3. The highest BCUT2D eigenvalue weighted by Crippen LogP contribution is 2.15. The Balaban J connectivity index is 1.64. The second-order valence-corrected chi connectivity index (χ2v) is 5.74. The minimum absolute atomic E-state index is 0.223. The first-order valence-corrected chi connectivity index (χ1v) is 7.61. The number of hydrogen-bond acceptors (Lipinski definition) is 5. The lowest BCUT2D eigenvalue weighted by molar-refractivity contribution is 0.0138. The van der Waals surface area contributed by atoms with Crippen LogP contribution in [-0.2, 0) is 4.74 Å². The summed E-state index contributed by atoms with van der Waals surface area (Å²) in [7, 11) is 1.32. The maximum atomic E-state index is 12.4. The molecule has 3 aliphatic heterocycles. The van der Waals surface area contributed by atoms with Gasteiger partial charge >= 0.3 is 5.97 Å². The Labute approximate surface area is 130 Å². The van der Waals surface area contributed by atoms with Crippen LogP contribution in [0, 0.1) is 0 Å². The molecule has 3 aliphatic rings. The first kappa shape index (κ1) is 15.0. The molecule has 118 valence electrons. The summed E-state index contributed by atoms with van der Waals surface area (Å²) in [6, 6.07) is 7.09. The normalized spacial score (nSPS) is 26.5. The fourth-order valence-corrected chi connectivity index (χ4v) is 3.19. The van der Waals surface area contributed by atoms with Crippen molar-refractivity contribution in [3.63, 3.8) is 0 Å². The molecule has 1 amide bonds. The van der Waals surface area contributed by atoms with E-state index < -0.39 is 5.97 Å². The molecule has 22 heavy (non-hydrogen) atoms. The van der Waals surface area contributed by atoms with Gasteiger partial charge in [-0.2, -0.15) is 0 Å². The van der Waals surface area contributed by atoms with E-state index in [1.807, 2.05) is 0 Å². The molecule has 1 aromatic carbocycles. The molecule has 3 fully saturated rings. The van der Waals surface area contributed by atoms with Crippen molar-refractivity contribution >= 4 is 11.9 Å². The largest absolute Gasteiger partial charge is 0.465 e. The van der Waals surface area contributed by atoms with Crippen molar-refractivity contribution in [1.29, 1.82) is 0 Å². The molecule has 0 aliphatic carbocycles. The summed E-state index contributed by atoms with van der Waals surface area (Å²) in [6.45, 7) is 5.98. The number of ether oxygens (including phenoxy) is 1. The van der Waals surface area contributed by atoms with Crippen LogP contribution in [0.1, 0.15) is 20.7 Å². The summed E-state index contributed by atoms with van der Waals surface area (Å²) >= 11 is 0. The number of rotatable bonds is 4. The van der Waals surface area contributed by atoms with E-state index >= 15 is 0 Å². The van der Waals surface area contributed by atoms with Gasteiger partial charge in [0.1, 0.15) is 0 Å². The number of benzene rings is 1. The number of methoxy groups -OCH3 is 1. The van der Waals surface area contributed by atoms with E-state index in [4.69, 9.17) is 4.74 Å². The fraction of sp³-hybridized carbons (Fsp3) is 0.500. The van der Waals surface area contributed by atoms with Gasteiger partial charge in [0.05, 0.1) is 18.2 Å². The van der Waals surface area contributed by atoms with Gasteiger partial charge in [0, 0.05) is 45.3 Å². The van der Waals surface area contributed by atoms with Crippen molar-refractivity contribution in [2.75, 3.05) is 46.4 Å². The zero-order valence-electron chi connectivity index (χ0n) is 12.7. The highest BCUT2D eigenvalue weighted by atomic mass is 16.5. The topological polar surface area (TPSA) is 61.9 Å². The summed E-state index contributed by atoms with van der Waals surface area (Å²) in [5.41, 5.74) is 0.669. The van der Waals surface area contributed by atoms with Crippen LogP contribution in [0.3, 0.4) is 0 Å². The minimum Gasteiger partial charge on any atom is -0.465 e. The average Bonchev–Trinajstić information content (AvgIpc) is 2.60. The lowest BCUT2D eigenvalue weighted by atomic mass is 10.1. The highest BCUT2D eigenvalue weighted by molar-refractivity contribution is 6.05. The standard InChI is InChI=1S/C16H21N3O3/c1-22-16(21)14-5-3-2-4-13(14)15(20)17-10-12-11-18-6-8-19(12)9-7-18/h2-5,12H,6-11H2,1H3,(H,17,20). The third-order valence-electron chi connectivity index (χ3n) is 4.47. The molecule has 1 atom stereocenters. The Hall–Kier alpha value is -1.92. The van der Waals surface area contributed by atoms with Gasteiger partial charge < -0.3 is 10.1 Å². The highest BCUT2D eigenvalue weighted by Gasteiger charge is 2.32. The molecular weight excluding hydrogens is 282 g/mol. The quantitative estimate of drug-likeness (QED) is 0.805. The van der Waals surface area contributed by atoms with E-state index in [-0.39, 0.29) is 5.91 Å². The molecule has 0 saturated carbocycles. The van der Waals surface area contributed by atoms with Crippen LogP contribution in [0.2, 0.25) is 0 Å². The number of esters is 1. The predicted octanol–water partition coefficient (Wildman–Crippen LogP) is 0.203. The fourth-order valence-electron chi connectivity index (χ4n) is 3.19. The summed E-state index contributed by atoms with van der Waals surface area (Å²) in [5.74, 6) is -0.712. The van der Waals surface area contributed by atoms with Gasteiger partial charge in [-0.15, -0.1) is 0 Å². The van der Waals surface area contributed by atoms with E-state index in [0.29, 0.717) is 23.7 Å². The smallest absolute Gasteiger partial charge is 0.338 e. The number of carbonyl (C=O) groups is 2. The van der Waals surface area contributed by atoms with E-state index in [2.05, 4.69) is 15.1 Å². The maximum Gasteiger partial charge on any atom is 0.338 e. The lowest BCUT2D eigenvalue weighted by Crippen LogP contribution is -2.63. The third kappa shape index (κ3) is 2.98. The number of carbonyl (C=O) groups excluding carboxylic acids is 2. The van der Waals surface area contributed by atoms with Gasteiger partial charge in [0.15, 0.2) is 0 Å². The SMILES string of the molecule is COC(=O)c1ccccc1C(=O)NCC1CN2CCN1CC2. The van der Waals surface area contributed by atoms with Gasteiger partial charge in [-0.1, -0.05) is 12.1 Å². The van der Waals surface area contributed by atoms with Crippen LogP contribution in [0.5, 0.6) is 0 Å². The number of amides is 1. The summed E-state index contributed by atoms with van der Waals surface area (Å²) < 4.78 is 4.73. The molecule has 4 rings (SSSR count). The van der Waals surface area contributed by atoms with E-state index in [0.717, 1.165) is 32.7 Å². The molecule has 2 bridgehead atoms. The Morgan fingerprint density at radius 3 is 2.45 bits per heavy atom. The van der Waals surface area contributed by atoms with Crippen molar-refractivity contribution in [2.45, 2.75) is 6.04 Å². The van der Waals surface area contributed by atoms with Crippen LogP contribution < -0.4 is 5.32 Å². The van der Waals surface area contributed by atoms with Gasteiger partial charge in [-0.3, -0.25) is 14.6 Å². The zero-order chi connectivity index (χ0) is 15.5. The molecule has 3 heterocycles. The number of piperazine rings is 3. The number of nitrogens with one attached hydrogen (secondary N) is 1. The van der Waals surface area contributed by atoms with Crippen LogP contribution in [-0.4, -0.2) is 74.1 Å². The van der Waals surface area contributed by atoms with Crippen molar-refractivity contribution in [1.82, 2.24) is 15.1 Å². The molecule has 1 N–H and O–H groups in total. The predicted molar refractivity (Wildman–Crippen MR) is 81.9 cm³/mol. The van der Waals surface area contributed by atoms with Crippen molar-refractivity contribution in [2.24, 2.45) is 0 Å². The molecule has 0 spiro atoms.